The minimum absolute atomic E-state index is 0.117. The van der Waals surface area contributed by atoms with Gasteiger partial charge in [-0.25, -0.2) is 0 Å². The molecule has 3 atom stereocenters. The normalized spacial score (nSPS) is 42.1. The van der Waals surface area contributed by atoms with Gasteiger partial charge in [0.05, 0.1) is 12.0 Å². The molecule has 1 unspecified atom stereocenters. The molecule has 3 fully saturated rings. The number of fused-ring (bicyclic) bond motifs is 1. The van der Waals surface area contributed by atoms with Gasteiger partial charge in [-0.1, -0.05) is 19.8 Å². The number of carbonyl (C=O) groups excluding carboxylic acids is 1. The average Bonchev–Trinajstić information content (AvgIpc) is 3.03. The minimum atomic E-state index is -0.117. The fraction of sp³-hybridized carbons (Fsp3) is 0.933. The zero-order valence-electron chi connectivity index (χ0n) is 12.0. The Bertz CT molecular complexity index is 352. The van der Waals surface area contributed by atoms with Crippen LogP contribution in [-0.4, -0.2) is 38.8 Å². The summed E-state index contributed by atoms with van der Waals surface area (Å²) in [6.45, 7) is 6.48. The molecule has 0 spiro atoms. The maximum atomic E-state index is 12.7. The maximum absolute atomic E-state index is 12.7. The Kier molecular flexibility index (Phi) is 3.56. The van der Waals surface area contributed by atoms with E-state index in [2.05, 4.69) is 17.6 Å². The van der Waals surface area contributed by atoms with Crippen molar-refractivity contribution in [2.45, 2.75) is 39.0 Å². The number of rotatable bonds is 3. The Morgan fingerprint density at radius 2 is 2.32 bits per heavy atom. The molecular formula is C15H26N2O2. The lowest BCUT2D eigenvalue weighted by Gasteiger charge is -2.38. The standard InChI is InChI=1S/C15H26N2O2/c1-14(6-7-19-11-14)9-17-13(18)15-5-3-2-4-12(15)8-16-10-15/h12,16H,2-11H2,1H3,(H,17,18)/t12-,14?,15+/m0/s1. The molecule has 2 aliphatic heterocycles. The van der Waals surface area contributed by atoms with Crippen LogP contribution in [0, 0.1) is 16.7 Å². The van der Waals surface area contributed by atoms with Crippen molar-refractivity contribution in [1.82, 2.24) is 10.6 Å². The second-order valence-electron chi connectivity index (χ2n) is 7.03. The van der Waals surface area contributed by atoms with Crippen molar-refractivity contribution in [1.29, 1.82) is 0 Å². The third-order valence-corrected chi connectivity index (χ3v) is 5.47. The molecular weight excluding hydrogens is 240 g/mol. The van der Waals surface area contributed by atoms with E-state index in [1.807, 2.05) is 0 Å². The van der Waals surface area contributed by atoms with E-state index in [1.165, 1.54) is 19.3 Å². The second-order valence-corrected chi connectivity index (χ2v) is 7.03. The van der Waals surface area contributed by atoms with Gasteiger partial charge >= 0.3 is 0 Å². The Balaban J connectivity index is 1.62. The summed E-state index contributed by atoms with van der Waals surface area (Å²) in [4.78, 5) is 12.7. The molecule has 3 rings (SSSR count). The molecule has 1 aliphatic carbocycles. The first-order chi connectivity index (χ1) is 9.15. The summed E-state index contributed by atoms with van der Waals surface area (Å²) in [7, 11) is 0. The molecule has 3 aliphatic rings. The van der Waals surface area contributed by atoms with Gasteiger partial charge in [0, 0.05) is 25.1 Å². The van der Waals surface area contributed by atoms with Crippen LogP contribution in [0.15, 0.2) is 0 Å². The highest BCUT2D eigenvalue weighted by Gasteiger charge is 2.50. The fourth-order valence-corrected chi connectivity index (χ4v) is 4.01. The first-order valence-corrected chi connectivity index (χ1v) is 7.72. The van der Waals surface area contributed by atoms with Gasteiger partial charge in [0.25, 0.3) is 0 Å². The molecule has 19 heavy (non-hydrogen) atoms. The highest BCUT2D eigenvalue weighted by atomic mass is 16.5. The van der Waals surface area contributed by atoms with E-state index in [-0.39, 0.29) is 16.7 Å². The highest BCUT2D eigenvalue weighted by molar-refractivity contribution is 5.84. The first kappa shape index (κ1) is 13.4. The van der Waals surface area contributed by atoms with E-state index >= 15 is 0 Å². The number of hydrogen-bond acceptors (Lipinski definition) is 3. The fourth-order valence-electron chi connectivity index (χ4n) is 4.01. The summed E-state index contributed by atoms with van der Waals surface area (Å²) in [5, 5.41) is 6.68. The summed E-state index contributed by atoms with van der Waals surface area (Å²) in [6.07, 6.45) is 5.81. The Morgan fingerprint density at radius 3 is 3.11 bits per heavy atom. The number of nitrogens with one attached hydrogen (secondary N) is 2. The lowest BCUT2D eigenvalue weighted by molar-refractivity contribution is -0.134. The molecule has 2 saturated heterocycles. The summed E-state index contributed by atoms with van der Waals surface area (Å²) in [5.74, 6) is 0.837. The van der Waals surface area contributed by atoms with Crippen molar-refractivity contribution in [3.63, 3.8) is 0 Å². The Morgan fingerprint density at radius 1 is 1.42 bits per heavy atom. The number of hydrogen-bond donors (Lipinski definition) is 2. The van der Waals surface area contributed by atoms with E-state index in [4.69, 9.17) is 4.74 Å². The van der Waals surface area contributed by atoms with E-state index < -0.39 is 0 Å². The second kappa shape index (κ2) is 5.06. The van der Waals surface area contributed by atoms with Crippen molar-refractivity contribution in [3.8, 4) is 0 Å². The monoisotopic (exact) mass is 266 g/mol. The third-order valence-electron chi connectivity index (χ3n) is 5.47. The quantitative estimate of drug-likeness (QED) is 0.810. The largest absolute Gasteiger partial charge is 0.381 e. The van der Waals surface area contributed by atoms with Crippen LogP contribution in [-0.2, 0) is 9.53 Å². The summed E-state index contributed by atoms with van der Waals surface area (Å²) in [5.41, 5.74) is 0.0244. The van der Waals surface area contributed by atoms with Crippen LogP contribution in [0.2, 0.25) is 0 Å². The predicted octanol–water partition coefficient (Wildman–Crippen LogP) is 1.31. The lowest BCUT2D eigenvalue weighted by Crippen LogP contribution is -2.50. The molecule has 2 N–H and O–H groups in total. The smallest absolute Gasteiger partial charge is 0.227 e. The SMILES string of the molecule is CC1(CNC(=O)[C@@]23CCCC[C@H]2CNC3)CCOC1. The van der Waals surface area contributed by atoms with E-state index in [0.717, 1.165) is 45.7 Å². The van der Waals surface area contributed by atoms with Gasteiger partial charge in [-0.3, -0.25) is 4.79 Å². The number of amides is 1. The zero-order valence-corrected chi connectivity index (χ0v) is 12.0. The molecule has 2 heterocycles. The topological polar surface area (TPSA) is 50.4 Å². The van der Waals surface area contributed by atoms with Crippen LogP contribution < -0.4 is 10.6 Å². The lowest BCUT2D eigenvalue weighted by atomic mass is 9.67. The Labute approximate surface area is 115 Å². The molecule has 0 aromatic carbocycles. The van der Waals surface area contributed by atoms with Gasteiger partial charge in [0.15, 0.2) is 0 Å². The van der Waals surface area contributed by atoms with Crippen LogP contribution in [0.4, 0.5) is 0 Å². The number of ether oxygens (including phenoxy) is 1. The molecule has 0 aromatic rings. The van der Waals surface area contributed by atoms with Gasteiger partial charge in [0.2, 0.25) is 5.91 Å². The third kappa shape index (κ3) is 2.40. The van der Waals surface area contributed by atoms with Crippen molar-refractivity contribution in [2.75, 3.05) is 32.8 Å². The molecule has 4 nitrogen and oxygen atoms in total. The van der Waals surface area contributed by atoms with Crippen LogP contribution in [0.3, 0.4) is 0 Å². The summed E-state index contributed by atoms with van der Waals surface area (Å²) >= 11 is 0. The van der Waals surface area contributed by atoms with Crippen molar-refractivity contribution < 1.29 is 9.53 Å². The predicted molar refractivity (Wildman–Crippen MR) is 73.8 cm³/mol. The summed E-state index contributed by atoms with van der Waals surface area (Å²) < 4.78 is 5.46. The van der Waals surface area contributed by atoms with Crippen LogP contribution in [0.25, 0.3) is 0 Å². The minimum Gasteiger partial charge on any atom is -0.381 e. The first-order valence-electron chi connectivity index (χ1n) is 7.72. The van der Waals surface area contributed by atoms with Crippen LogP contribution in [0.5, 0.6) is 0 Å². The van der Waals surface area contributed by atoms with Gasteiger partial charge in [-0.05, 0) is 31.7 Å². The average molecular weight is 266 g/mol. The van der Waals surface area contributed by atoms with E-state index in [9.17, 15) is 4.79 Å². The van der Waals surface area contributed by atoms with Gasteiger partial charge in [0.1, 0.15) is 0 Å². The van der Waals surface area contributed by atoms with Crippen molar-refractivity contribution >= 4 is 5.91 Å². The highest BCUT2D eigenvalue weighted by Crippen LogP contribution is 2.44. The number of carbonyl (C=O) groups is 1. The van der Waals surface area contributed by atoms with E-state index in [1.54, 1.807) is 0 Å². The molecule has 0 radical (unpaired) electrons. The van der Waals surface area contributed by atoms with Crippen LogP contribution in [0.1, 0.15) is 39.0 Å². The van der Waals surface area contributed by atoms with Gasteiger partial charge in [-0.2, -0.15) is 0 Å². The van der Waals surface area contributed by atoms with E-state index in [0.29, 0.717) is 5.92 Å². The molecule has 108 valence electrons. The molecule has 4 heteroatoms. The molecule has 1 amide bonds. The molecule has 0 aromatic heterocycles. The van der Waals surface area contributed by atoms with Gasteiger partial charge < -0.3 is 15.4 Å². The molecule has 0 bridgehead atoms. The molecule has 1 saturated carbocycles. The van der Waals surface area contributed by atoms with Crippen molar-refractivity contribution in [2.24, 2.45) is 16.7 Å². The Hall–Kier alpha value is -0.610. The van der Waals surface area contributed by atoms with Gasteiger partial charge in [-0.15, -0.1) is 0 Å². The summed E-state index contributed by atoms with van der Waals surface area (Å²) in [6, 6.07) is 0. The maximum Gasteiger partial charge on any atom is 0.227 e. The van der Waals surface area contributed by atoms with Crippen molar-refractivity contribution in [3.05, 3.63) is 0 Å². The van der Waals surface area contributed by atoms with Crippen LogP contribution >= 0.6 is 0 Å². The zero-order chi connectivity index (χ0) is 13.3.